The van der Waals surface area contributed by atoms with E-state index in [0.29, 0.717) is 6.42 Å². The van der Waals surface area contributed by atoms with Crippen molar-refractivity contribution in [2.24, 2.45) is 0 Å². The van der Waals surface area contributed by atoms with Crippen LogP contribution in [0.1, 0.15) is 35.4 Å². The molecule has 0 bridgehead atoms. The summed E-state index contributed by atoms with van der Waals surface area (Å²) >= 11 is 7.61. The first-order valence-electron chi connectivity index (χ1n) is 6.82. The summed E-state index contributed by atoms with van der Waals surface area (Å²) in [6, 6.07) is 7.76. The van der Waals surface area contributed by atoms with Gasteiger partial charge in [0.15, 0.2) is 0 Å². The lowest BCUT2D eigenvalue weighted by Gasteiger charge is -1.98. The molecule has 0 aliphatic carbocycles. The minimum absolute atomic E-state index is 0.0385. The predicted molar refractivity (Wildman–Crippen MR) is 90.2 cm³/mol. The fraction of sp³-hybridized carbons (Fsp3) is 0.235. The first kappa shape index (κ1) is 15.6. The van der Waals surface area contributed by atoms with E-state index in [0.717, 1.165) is 31.6 Å². The number of rotatable bonds is 0. The maximum Gasteiger partial charge on any atom is 0.228 e. The fourth-order valence-electron chi connectivity index (χ4n) is 2.00. The number of benzene rings is 1. The molecule has 0 unspecified atom stereocenters. The molecule has 2 heterocycles. The van der Waals surface area contributed by atoms with Gasteiger partial charge in [-0.3, -0.25) is 4.79 Å². The first-order chi connectivity index (χ1) is 10.1. The van der Waals surface area contributed by atoms with Crippen molar-refractivity contribution in [2.45, 2.75) is 27.2 Å². The second-order valence-electron chi connectivity index (χ2n) is 4.39. The summed E-state index contributed by atoms with van der Waals surface area (Å²) in [5.41, 5.74) is 3.62. The van der Waals surface area contributed by atoms with E-state index in [9.17, 15) is 4.79 Å². The minimum atomic E-state index is 0.0385. The molecule has 1 aromatic carbocycles. The first-order valence-corrected chi connectivity index (χ1v) is 8.02. The van der Waals surface area contributed by atoms with Crippen LogP contribution in [0.3, 0.4) is 0 Å². The van der Waals surface area contributed by atoms with Crippen molar-refractivity contribution in [3.8, 4) is 11.8 Å². The molecule has 1 aromatic heterocycles. The van der Waals surface area contributed by atoms with Gasteiger partial charge in [0.1, 0.15) is 4.34 Å². The lowest BCUT2D eigenvalue weighted by molar-refractivity contribution is -0.115. The van der Waals surface area contributed by atoms with E-state index >= 15 is 0 Å². The number of anilines is 1. The number of aryl methyl sites for hydroxylation is 1. The molecule has 1 N–H and O–H groups in total. The molecule has 0 spiro atoms. The summed E-state index contributed by atoms with van der Waals surface area (Å²) < 4.78 is 0.722. The Morgan fingerprint density at radius 3 is 2.67 bits per heavy atom. The van der Waals surface area contributed by atoms with Gasteiger partial charge in [-0.15, -0.1) is 11.3 Å². The summed E-state index contributed by atoms with van der Waals surface area (Å²) in [6.07, 6.45) is 0.457. The Balaban J connectivity index is 0.000000774. The summed E-state index contributed by atoms with van der Waals surface area (Å²) in [6.45, 7) is 6.01. The molecule has 2 aromatic rings. The highest BCUT2D eigenvalue weighted by Crippen LogP contribution is 2.27. The molecule has 0 radical (unpaired) electrons. The monoisotopic (exact) mass is 317 g/mol. The van der Waals surface area contributed by atoms with Crippen LogP contribution in [-0.4, -0.2) is 5.91 Å². The molecule has 1 amide bonds. The maximum absolute atomic E-state index is 11.3. The highest BCUT2D eigenvalue weighted by Gasteiger charge is 2.16. The van der Waals surface area contributed by atoms with Gasteiger partial charge in [-0.05, 0) is 30.7 Å². The minimum Gasteiger partial charge on any atom is -0.325 e. The zero-order chi connectivity index (χ0) is 15.4. The molecule has 1 aliphatic rings. The molecule has 108 valence electrons. The van der Waals surface area contributed by atoms with Crippen LogP contribution in [0.4, 0.5) is 5.69 Å². The van der Waals surface area contributed by atoms with Gasteiger partial charge in [-0.2, -0.15) is 0 Å². The molecule has 0 saturated carbocycles. The third kappa shape index (κ3) is 3.66. The summed E-state index contributed by atoms with van der Waals surface area (Å²) in [5.74, 6) is 6.19. The summed E-state index contributed by atoms with van der Waals surface area (Å²) in [7, 11) is 0. The van der Waals surface area contributed by atoms with Gasteiger partial charge < -0.3 is 5.32 Å². The standard InChI is InChI=1S/C15H10ClNOS.C2H6/c1-9-6-12(15(16)19-9)5-3-10-2-4-11-8-14(18)17-13(11)7-10;1-2/h2,4,6-7H,8H2,1H3,(H,17,18);1-2H3. The van der Waals surface area contributed by atoms with E-state index in [1.54, 1.807) is 0 Å². The summed E-state index contributed by atoms with van der Waals surface area (Å²) in [5, 5.41) is 2.82. The van der Waals surface area contributed by atoms with Crippen LogP contribution in [-0.2, 0) is 11.2 Å². The topological polar surface area (TPSA) is 29.1 Å². The van der Waals surface area contributed by atoms with Crippen molar-refractivity contribution >= 4 is 34.5 Å². The van der Waals surface area contributed by atoms with Crippen molar-refractivity contribution in [2.75, 3.05) is 5.32 Å². The van der Waals surface area contributed by atoms with E-state index in [1.165, 1.54) is 11.3 Å². The average molecular weight is 318 g/mol. The number of fused-ring (bicyclic) bond motifs is 1. The Morgan fingerprint density at radius 2 is 2.00 bits per heavy atom. The van der Waals surface area contributed by atoms with Crippen molar-refractivity contribution in [3.05, 3.63) is 50.2 Å². The highest BCUT2D eigenvalue weighted by molar-refractivity contribution is 7.16. The number of carbonyl (C=O) groups is 1. The van der Waals surface area contributed by atoms with Crippen molar-refractivity contribution in [1.29, 1.82) is 0 Å². The van der Waals surface area contributed by atoms with Gasteiger partial charge in [0.05, 0.1) is 12.0 Å². The molecular formula is C17H16ClNOS. The van der Waals surface area contributed by atoms with E-state index in [4.69, 9.17) is 11.6 Å². The van der Waals surface area contributed by atoms with Crippen LogP contribution in [0, 0.1) is 18.8 Å². The fourth-order valence-corrected chi connectivity index (χ4v) is 3.15. The molecule has 2 nitrogen and oxygen atoms in total. The molecule has 3 rings (SSSR count). The smallest absolute Gasteiger partial charge is 0.228 e. The average Bonchev–Trinajstić information content (AvgIpc) is 2.99. The number of carbonyl (C=O) groups excluding carboxylic acids is 1. The van der Waals surface area contributed by atoms with Crippen molar-refractivity contribution in [3.63, 3.8) is 0 Å². The number of thiophene rings is 1. The lowest BCUT2D eigenvalue weighted by Crippen LogP contribution is -2.03. The molecule has 4 heteroatoms. The second-order valence-corrected chi connectivity index (χ2v) is 6.25. The Kier molecular flexibility index (Phi) is 5.06. The Hall–Kier alpha value is -1.76. The van der Waals surface area contributed by atoms with Crippen LogP contribution >= 0.6 is 22.9 Å². The molecule has 0 atom stereocenters. The van der Waals surface area contributed by atoms with E-state index in [-0.39, 0.29) is 5.91 Å². The van der Waals surface area contributed by atoms with Crippen LogP contribution in [0.15, 0.2) is 24.3 Å². The largest absolute Gasteiger partial charge is 0.325 e. The normalized spacial score (nSPS) is 11.7. The predicted octanol–water partition coefficient (Wildman–Crippen LogP) is 4.63. The van der Waals surface area contributed by atoms with Gasteiger partial charge in [-0.25, -0.2) is 0 Å². The molecule has 0 fully saturated rings. The zero-order valence-corrected chi connectivity index (χ0v) is 13.8. The van der Waals surface area contributed by atoms with E-state index < -0.39 is 0 Å². The highest BCUT2D eigenvalue weighted by atomic mass is 35.5. The quantitative estimate of drug-likeness (QED) is 0.705. The van der Waals surface area contributed by atoms with Gasteiger partial charge in [0, 0.05) is 16.1 Å². The van der Waals surface area contributed by atoms with Crippen LogP contribution in [0.5, 0.6) is 0 Å². The van der Waals surface area contributed by atoms with Gasteiger partial charge in [-0.1, -0.05) is 43.4 Å². The second kappa shape index (κ2) is 6.80. The Bertz CT molecular complexity index is 737. The zero-order valence-electron chi connectivity index (χ0n) is 12.2. The lowest BCUT2D eigenvalue weighted by atomic mass is 10.1. The molecule has 1 aliphatic heterocycles. The Morgan fingerprint density at radius 1 is 1.24 bits per heavy atom. The van der Waals surface area contributed by atoms with Gasteiger partial charge in [0.2, 0.25) is 5.91 Å². The van der Waals surface area contributed by atoms with Gasteiger partial charge in [0.25, 0.3) is 0 Å². The van der Waals surface area contributed by atoms with Crippen LogP contribution in [0.25, 0.3) is 0 Å². The molecule has 21 heavy (non-hydrogen) atoms. The summed E-state index contributed by atoms with van der Waals surface area (Å²) in [4.78, 5) is 12.4. The number of nitrogens with one attached hydrogen (secondary N) is 1. The third-order valence-electron chi connectivity index (χ3n) is 2.89. The maximum atomic E-state index is 11.3. The molecule has 0 saturated heterocycles. The number of hydrogen-bond donors (Lipinski definition) is 1. The number of hydrogen-bond acceptors (Lipinski definition) is 2. The van der Waals surface area contributed by atoms with E-state index in [2.05, 4.69) is 17.2 Å². The third-order valence-corrected chi connectivity index (χ3v) is 4.16. The SMILES string of the molecule is CC.Cc1cc(C#Cc2ccc3c(c2)NC(=O)C3)c(Cl)s1. The molecular weight excluding hydrogens is 302 g/mol. The van der Waals surface area contributed by atoms with Crippen molar-refractivity contribution in [1.82, 2.24) is 0 Å². The van der Waals surface area contributed by atoms with Gasteiger partial charge >= 0.3 is 0 Å². The van der Waals surface area contributed by atoms with Crippen LogP contribution < -0.4 is 5.32 Å². The van der Waals surface area contributed by atoms with Crippen LogP contribution in [0.2, 0.25) is 4.34 Å². The number of halogens is 1. The van der Waals surface area contributed by atoms with Crippen molar-refractivity contribution < 1.29 is 4.79 Å². The Labute approximate surface area is 134 Å². The van der Waals surface area contributed by atoms with E-state index in [1.807, 2.05) is 45.0 Å². The number of amides is 1.